The van der Waals surface area contributed by atoms with E-state index in [0.29, 0.717) is 12.0 Å². The number of rotatable bonds is 19. The summed E-state index contributed by atoms with van der Waals surface area (Å²) in [4.78, 5) is 0. The SMILES string of the molecule is CC(C)=CCC/C(C)=C/CC/C(C)=C/CC/C(C)=C/CC/C(C)=C/CC/C(C)=C/Cc1cc(OS(=O)(=O)[O-])ccc1O.[Na+]. The largest absolute Gasteiger partial charge is 1.00 e. The predicted molar refractivity (Wildman–Crippen MR) is 177 cm³/mol. The maximum Gasteiger partial charge on any atom is 1.00 e. The van der Waals surface area contributed by atoms with Crippen molar-refractivity contribution >= 4 is 10.4 Å². The van der Waals surface area contributed by atoms with E-state index in [4.69, 9.17) is 0 Å². The van der Waals surface area contributed by atoms with Crippen LogP contribution in [0.3, 0.4) is 0 Å². The topological polar surface area (TPSA) is 86.7 Å². The molecule has 7 heteroatoms. The summed E-state index contributed by atoms with van der Waals surface area (Å²) in [6.45, 7) is 15.3. The molecule has 0 heterocycles. The Hall–Kier alpha value is -1.83. The fraction of sp³-hybridized carbons (Fsp3) is 0.500. The van der Waals surface area contributed by atoms with Crippen LogP contribution in [-0.4, -0.2) is 18.1 Å². The van der Waals surface area contributed by atoms with Crippen LogP contribution >= 0.6 is 0 Å². The molecule has 0 radical (unpaired) electrons. The monoisotopic (exact) mass is 620 g/mol. The van der Waals surface area contributed by atoms with Crippen molar-refractivity contribution in [1.29, 1.82) is 0 Å². The third-order valence-electron chi connectivity index (χ3n) is 7.14. The maximum atomic E-state index is 10.8. The van der Waals surface area contributed by atoms with Gasteiger partial charge in [0.15, 0.2) is 0 Å². The Morgan fingerprint density at radius 2 is 1.05 bits per heavy atom. The zero-order valence-corrected chi connectivity index (χ0v) is 30.8. The van der Waals surface area contributed by atoms with Crippen molar-refractivity contribution in [2.75, 3.05) is 0 Å². The van der Waals surface area contributed by atoms with Gasteiger partial charge in [0.1, 0.15) is 11.5 Å². The first-order chi connectivity index (χ1) is 19.7. The Kier molecular flexibility index (Phi) is 21.7. The molecule has 0 unspecified atom stereocenters. The minimum absolute atomic E-state index is 0. The summed E-state index contributed by atoms with van der Waals surface area (Å²) in [5.41, 5.74) is 8.87. The molecular formula is C36H53NaO5S. The fourth-order valence-corrected chi connectivity index (χ4v) is 4.80. The Morgan fingerprint density at radius 1 is 0.674 bits per heavy atom. The molecule has 0 atom stereocenters. The van der Waals surface area contributed by atoms with E-state index in [9.17, 15) is 18.1 Å². The van der Waals surface area contributed by atoms with Gasteiger partial charge in [-0.2, -0.15) is 0 Å². The number of hydrogen-bond donors (Lipinski definition) is 1. The van der Waals surface area contributed by atoms with Gasteiger partial charge in [-0.15, -0.1) is 0 Å². The molecular weight excluding hydrogens is 567 g/mol. The first-order valence-corrected chi connectivity index (χ1v) is 16.5. The van der Waals surface area contributed by atoms with Crippen LogP contribution in [0, 0.1) is 0 Å². The third kappa shape index (κ3) is 22.4. The average Bonchev–Trinajstić information content (AvgIpc) is 2.88. The van der Waals surface area contributed by atoms with Crippen LogP contribution in [0.25, 0.3) is 0 Å². The van der Waals surface area contributed by atoms with Crippen LogP contribution in [0.4, 0.5) is 0 Å². The number of phenols is 1. The molecule has 43 heavy (non-hydrogen) atoms. The van der Waals surface area contributed by atoms with Crippen LogP contribution in [0.1, 0.15) is 118 Å². The molecule has 0 aliphatic rings. The van der Waals surface area contributed by atoms with E-state index in [1.165, 1.54) is 51.6 Å². The van der Waals surface area contributed by atoms with Gasteiger partial charge in [-0.05, 0) is 137 Å². The molecule has 0 fully saturated rings. The van der Waals surface area contributed by atoms with Crippen molar-refractivity contribution in [2.45, 2.75) is 119 Å². The second kappa shape index (κ2) is 22.6. The van der Waals surface area contributed by atoms with Crippen LogP contribution in [0.2, 0.25) is 0 Å². The summed E-state index contributed by atoms with van der Waals surface area (Å²) in [6.07, 6.45) is 24.9. The van der Waals surface area contributed by atoms with Crippen LogP contribution in [-0.2, 0) is 16.8 Å². The Balaban J connectivity index is 0.0000176. The first-order valence-electron chi connectivity index (χ1n) is 15.1. The van der Waals surface area contributed by atoms with E-state index < -0.39 is 10.4 Å². The number of benzene rings is 1. The minimum Gasteiger partial charge on any atom is -0.716 e. The summed E-state index contributed by atoms with van der Waals surface area (Å²) in [7, 11) is -4.85. The van der Waals surface area contributed by atoms with Gasteiger partial charge in [-0.3, -0.25) is 0 Å². The molecule has 1 rings (SSSR count). The van der Waals surface area contributed by atoms with E-state index in [0.717, 1.165) is 64.2 Å². The molecule has 0 aliphatic heterocycles. The summed E-state index contributed by atoms with van der Waals surface area (Å²) in [6, 6.07) is 3.96. The minimum atomic E-state index is -4.85. The summed E-state index contributed by atoms with van der Waals surface area (Å²) in [5, 5.41) is 10.0. The van der Waals surface area contributed by atoms with E-state index in [2.05, 4.69) is 76.1 Å². The quantitative estimate of drug-likeness (QED) is 0.0755. The Bertz CT molecular complexity index is 1280. The van der Waals surface area contributed by atoms with Crippen molar-refractivity contribution < 1.29 is 51.8 Å². The van der Waals surface area contributed by atoms with Crippen LogP contribution < -0.4 is 33.7 Å². The third-order valence-corrected chi connectivity index (χ3v) is 7.53. The first kappa shape index (κ1) is 41.2. The van der Waals surface area contributed by atoms with Gasteiger partial charge < -0.3 is 13.8 Å². The van der Waals surface area contributed by atoms with Gasteiger partial charge in [0.2, 0.25) is 0 Å². The molecule has 0 saturated heterocycles. The molecule has 1 aromatic carbocycles. The van der Waals surface area contributed by atoms with Gasteiger partial charge in [0.05, 0.1) is 0 Å². The standard InChI is InChI=1S/C36H54O5S.Na/c1-28(2)13-8-14-29(3)15-9-16-30(4)17-10-18-31(5)19-11-20-32(6)21-12-22-33(7)23-24-34-27-35(25-26-36(34)37)41-42(38,39)40;/h13,15,17,19,21,23,25-27,37H,8-12,14,16,18,20,22,24H2,1-7H3,(H,38,39,40);/q;+1/p-1/b29-15+,30-17+,31-19+,32-21+,33-23+;. The molecule has 1 aromatic rings. The number of hydrogen-bond acceptors (Lipinski definition) is 5. The number of allylic oxidation sites excluding steroid dienone is 12. The van der Waals surface area contributed by atoms with Gasteiger partial charge in [-0.25, -0.2) is 8.42 Å². The van der Waals surface area contributed by atoms with Gasteiger partial charge in [0.25, 0.3) is 10.4 Å². The van der Waals surface area contributed by atoms with Gasteiger partial charge >= 0.3 is 29.6 Å². The molecule has 0 amide bonds. The molecule has 234 valence electrons. The maximum absolute atomic E-state index is 10.8. The zero-order chi connectivity index (χ0) is 31.5. The summed E-state index contributed by atoms with van der Waals surface area (Å²) >= 11 is 0. The molecule has 0 aliphatic carbocycles. The smallest absolute Gasteiger partial charge is 0.716 e. The number of phenolic OH excluding ortho intramolecular Hbond substituents is 1. The van der Waals surface area contributed by atoms with Crippen molar-refractivity contribution in [1.82, 2.24) is 0 Å². The number of aromatic hydroxyl groups is 1. The molecule has 0 saturated carbocycles. The van der Waals surface area contributed by atoms with E-state index in [-0.39, 0.29) is 41.1 Å². The second-order valence-electron chi connectivity index (χ2n) is 11.7. The van der Waals surface area contributed by atoms with Crippen molar-refractivity contribution in [3.05, 3.63) is 93.7 Å². The fourth-order valence-electron chi connectivity index (χ4n) is 4.46. The van der Waals surface area contributed by atoms with E-state index in [1.807, 2.05) is 13.0 Å². The molecule has 5 nitrogen and oxygen atoms in total. The summed E-state index contributed by atoms with van der Waals surface area (Å²) in [5.74, 6) is -0.0673. The Morgan fingerprint density at radius 3 is 1.42 bits per heavy atom. The van der Waals surface area contributed by atoms with E-state index >= 15 is 0 Å². The molecule has 0 aromatic heterocycles. The average molecular weight is 621 g/mol. The van der Waals surface area contributed by atoms with Crippen molar-refractivity contribution in [3.8, 4) is 11.5 Å². The molecule has 0 spiro atoms. The normalized spacial score (nSPS) is 13.5. The summed E-state index contributed by atoms with van der Waals surface area (Å²) < 4.78 is 36.8. The Labute approximate surface area is 284 Å². The van der Waals surface area contributed by atoms with Gasteiger partial charge in [0, 0.05) is 5.56 Å². The van der Waals surface area contributed by atoms with Crippen LogP contribution in [0.5, 0.6) is 11.5 Å². The van der Waals surface area contributed by atoms with E-state index in [1.54, 1.807) is 0 Å². The zero-order valence-electron chi connectivity index (χ0n) is 28.0. The molecule has 1 N–H and O–H groups in total. The van der Waals surface area contributed by atoms with Crippen molar-refractivity contribution in [3.63, 3.8) is 0 Å². The predicted octanol–water partition coefficient (Wildman–Crippen LogP) is 7.38. The second-order valence-corrected chi connectivity index (χ2v) is 12.7. The molecule has 0 bridgehead atoms. The van der Waals surface area contributed by atoms with Gasteiger partial charge in [-0.1, -0.05) is 69.9 Å². The van der Waals surface area contributed by atoms with Crippen molar-refractivity contribution in [2.24, 2.45) is 0 Å². The van der Waals surface area contributed by atoms with Crippen LogP contribution in [0.15, 0.2) is 88.1 Å².